The lowest BCUT2D eigenvalue weighted by molar-refractivity contribution is -0.121. The molecule has 0 aromatic heterocycles. The molecule has 1 atom stereocenters. The van der Waals surface area contributed by atoms with Crippen LogP contribution in [-0.4, -0.2) is 18.2 Å². The number of carbonyl (C=O) groups excluding carboxylic acids is 2. The van der Waals surface area contributed by atoms with Crippen LogP contribution in [0.25, 0.3) is 0 Å². The molecule has 0 saturated carbocycles. The van der Waals surface area contributed by atoms with Gasteiger partial charge in [0, 0.05) is 26.3 Å². The van der Waals surface area contributed by atoms with Crippen LogP contribution in [0.3, 0.4) is 0 Å². The number of nitrogens with one attached hydrogen (secondary N) is 1. The first kappa shape index (κ1) is 11.0. The number of allylic oxidation sites excluding steroid dienone is 2. The van der Waals surface area contributed by atoms with E-state index >= 15 is 0 Å². The van der Waals surface area contributed by atoms with Crippen molar-refractivity contribution in [2.24, 2.45) is 5.92 Å². The van der Waals surface area contributed by atoms with Gasteiger partial charge in [-0.3, -0.25) is 9.59 Å². The highest BCUT2D eigenvalue weighted by molar-refractivity contribution is 5.80. The third-order valence-corrected chi connectivity index (χ3v) is 2.41. The van der Waals surface area contributed by atoms with E-state index < -0.39 is 0 Å². The van der Waals surface area contributed by atoms with Gasteiger partial charge in [-0.2, -0.15) is 0 Å². The van der Waals surface area contributed by atoms with Crippen molar-refractivity contribution in [2.45, 2.75) is 32.6 Å². The van der Waals surface area contributed by atoms with E-state index in [4.69, 9.17) is 0 Å². The van der Waals surface area contributed by atoms with Crippen LogP contribution >= 0.6 is 0 Å². The summed E-state index contributed by atoms with van der Waals surface area (Å²) < 4.78 is 0. The predicted octanol–water partition coefficient (Wildman–Crippen LogP) is 1.44. The van der Waals surface area contributed by atoms with Gasteiger partial charge in [-0.15, -0.1) is 0 Å². The Kier molecular flexibility index (Phi) is 4.36. The first-order valence-corrected chi connectivity index (χ1v) is 5.09. The zero-order valence-corrected chi connectivity index (χ0v) is 8.58. The number of rotatable bonds is 2. The van der Waals surface area contributed by atoms with Gasteiger partial charge in [-0.1, -0.05) is 12.2 Å². The lowest BCUT2D eigenvalue weighted by Crippen LogP contribution is -2.28. The van der Waals surface area contributed by atoms with Crippen molar-refractivity contribution in [1.82, 2.24) is 5.32 Å². The lowest BCUT2D eigenvalue weighted by atomic mass is 9.93. The Bertz CT molecular complexity index is 246. The second-order valence-corrected chi connectivity index (χ2v) is 3.80. The minimum Gasteiger partial charge on any atom is -0.356 e. The maximum Gasteiger partial charge on any atom is 0.216 e. The molecule has 3 heteroatoms. The second kappa shape index (κ2) is 5.58. The first-order chi connectivity index (χ1) is 6.68. The Hall–Kier alpha value is -1.12. The number of hydrogen-bond acceptors (Lipinski definition) is 2. The van der Waals surface area contributed by atoms with Gasteiger partial charge in [0.05, 0.1) is 0 Å². The average molecular weight is 195 g/mol. The average Bonchev–Trinajstić information content (AvgIpc) is 2.08. The molecule has 0 saturated heterocycles. The summed E-state index contributed by atoms with van der Waals surface area (Å²) in [6.45, 7) is 2.14. The molecule has 0 fully saturated rings. The van der Waals surface area contributed by atoms with E-state index in [1.165, 1.54) is 6.92 Å². The maximum absolute atomic E-state index is 11.3. The van der Waals surface area contributed by atoms with Crippen LogP contribution in [0.15, 0.2) is 12.2 Å². The SMILES string of the molecule is CC(=O)NCC1CC/C=C\CC(=O)C1. The van der Waals surface area contributed by atoms with E-state index in [0.29, 0.717) is 25.3 Å². The third-order valence-electron chi connectivity index (χ3n) is 2.41. The van der Waals surface area contributed by atoms with E-state index in [2.05, 4.69) is 11.4 Å². The monoisotopic (exact) mass is 195 g/mol. The highest BCUT2D eigenvalue weighted by Crippen LogP contribution is 2.15. The fraction of sp³-hybridized carbons (Fsp3) is 0.636. The van der Waals surface area contributed by atoms with E-state index in [1.54, 1.807) is 0 Å². The molecule has 78 valence electrons. The van der Waals surface area contributed by atoms with E-state index in [-0.39, 0.29) is 11.7 Å². The van der Waals surface area contributed by atoms with E-state index in [1.807, 2.05) is 6.08 Å². The maximum atomic E-state index is 11.3. The van der Waals surface area contributed by atoms with Gasteiger partial charge in [-0.25, -0.2) is 0 Å². The zero-order chi connectivity index (χ0) is 10.4. The smallest absolute Gasteiger partial charge is 0.216 e. The fourth-order valence-corrected chi connectivity index (χ4v) is 1.63. The molecule has 0 aromatic carbocycles. The standard InChI is InChI=1S/C11H17NO2/c1-9(13)12-8-10-5-3-2-4-6-11(14)7-10/h2,4,10H,3,5-8H2,1H3,(H,12,13)/b4-2-. The second-order valence-electron chi connectivity index (χ2n) is 3.80. The van der Waals surface area contributed by atoms with Crippen molar-refractivity contribution in [1.29, 1.82) is 0 Å². The normalized spacial score (nSPS) is 24.9. The summed E-state index contributed by atoms with van der Waals surface area (Å²) in [6, 6.07) is 0. The Labute approximate surface area is 84.6 Å². The highest BCUT2D eigenvalue weighted by Gasteiger charge is 2.14. The van der Waals surface area contributed by atoms with E-state index in [0.717, 1.165) is 12.8 Å². The molecule has 0 aromatic rings. The van der Waals surface area contributed by atoms with Crippen LogP contribution in [0.2, 0.25) is 0 Å². The summed E-state index contributed by atoms with van der Waals surface area (Å²) in [5, 5.41) is 2.77. The van der Waals surface area contributed by atoms with Gasteiger partial charge in [0.15, 0.2) is 0 Å². The van der Waals surface area contributed by atoms with Crippen molar-refractivity contribution < 1.29 is 9.59 Å². The molecular weight excluding hydrogens is 178 g/mol. The topological polar surface area (TPSA) is 46.2 Å². The number of carbonyl (C=O) groups is 2. The highest BCUT2D eigenvalue weighted by atomic mass is 16.1. The third kappa shape index (κ3) is 4.21. The Balaban J connectivity index is 2.38. The number of ketones is 1. The number of Topliss-reactive ketones (excluding diaryl/α,β-unsaturated/α-hetero) is 1. The molecule has 1 N–H and O–H groups in total. The largest absolute Gasteiger partial charge is 0.356 e. The van der Waals surface area contributed by atoms with Gasteiger partial charge in [-0.05, 0) is 18.8 Å². The zero-order valence-electron chi connectivity index (χ0n) is 8.58. The van der Waals surface area contributed by atoms with Gasteiger partial charge in [0.1, 0.15) is 5.78 Å². The van der Waals surface area contributed by atoms with Crippen molar-refractivity contribution in [3.8, 4) is 0 Å². The van der Waals surface area contributed by atoms with E-state index in [9.17, 15) is 9.59 Å². The number of hydrogen-bond donors (Lipinski definition) is 1. The van der Waals surface area contributed by atoms with Crippen LogP contribution < -0.4 is 5.32 Å². The minimum atomic E-state index is -0.0185. The van der Waals surface area contributed by atoms with Gasteiger partial charge >= 0.3 is 0 Å². The molecule has 0 radical (unpaired) electrons. The van der Waals surface area contributed by atoms with Crippen LogP contribution in [0.4, 0.5) is 0 Å². The Morgan fingerprint density at radius 3 is 3.07 bits per heavy atom. The molecule has 1 unspecified atom stereocenters. The lowest BCUT2D eigenvalue weighted by Gasteiger charge is -2.16. The fourth-order valence-electron chi connectivity index (χ4n) is 1.63. The Morgan fingerprint density at radius 1 is 1.57 bits per heavy atom. The molecule has 1 aliphatic rings. The van der Waals surface area contributed by atoms with Gasteiger partial charge in [0.2, 0.25) is 5.91 Å². The molecule has 1 aliphatic carbocycles. The molecule has 1 amide bonds. The van der Waals surface area contributed by atoms with Crippen LogP contribution in [-0.2, 0) is 9.59 Å². The first-order valence-electron chi connectivity index (χ1n) is 5.09. The molecule has 0 heterocycles. The summed E-state index contributed by atoms with van der Waals surface area (Å²) in [4.78, 5) is 22.0. The van der Waals surface area contributed by atoms with Crippen molar-refractivity contribution >= 4 is 11.7 Å². The van der Waals surface area contributed by atoms with Crippen molar-refractivity contribution in [2.75, 3.05) is 6.54 Å². The summed E-state index contributed by atoms with van der Waals surface area (Å²) in [5.41, 5.74) is 0. The molecule has 0 spiro atoms. The van der Waals surface area contributed by atoms with Crippen LogP contribution in [0.1, 0.15) is 32.6 Å². The summed E-state index contributed by atoms with van der Waals surface area (Å²) in [5.74, 6) is 0.572. The molecule has 0 bridgehead atoms. The van der Waals surface area contributed by atoms with Crippen LogP contribution in [0.5, 0.6) is 0 Å². The predicted molar refractivity (Wildman–Crippen MR) is 54.8 cm³/mol. The minimum absolute atomic E-state index is 0.0185. The van der Waals surface area contributed by atoms with Crippen LogP contribution in [0, 0.1) is 5.92 Å². The van der Waals surface area contributed by atoms with Gasteiger partial charge in [0.25, 0.3) is 0 Å². The Morgan fingerprint density at radius 2 is 2.36 bits per heavy atom. The summed E-state index contributed by atoms with van der Waals surface area (Å²) in [6.07, 6.45) is 7.15. The molecular formula is C11H17NO2. The molecule has 14 heavy (non-hydrogen) atoms. The van der Waals surface area contributed by atoms with Crippen molar-refractivity contribution in [3.05, 3.63) is 12.2 Å². The van der Waals surface area contributed by atoms with Crippen molar-refractivity contribution in [3.63, 3.8) is 0 Å². The number of amides is 1. The molecule has 0 aliphatic heterocycles. The quantitative estimate of drug-likeness (QED) is 0.678. The molecule has 1 rings (SSSR count). The molecule has 3 nitrogen and oxygen atoms in total. The summed E-state index contributed by atoms with van der Waals surface area (Å²) >= 11 is 0. The summed E-state index contributed by atoms with van der Waals surface area (Å²) in [7, 11) is 0. The van der Waals surface area contributed by atoms with Gasteiger partial charge < -0.3 is 5.32 Å².